The van der Waals surface area contributed by atoms with E-state index in [-0.39, 0.29) is 5.82 Å². The molecule has 1 aromatic heterocycles. The fourth-order valence-corrected chi connectivity index (χ4v) is 3.09. The van der Waals surface area contributed by atoms with Gasteiger partial charge < -0.3 is 0 Å². The molecule has 0 N–H and O–H groups in total. The first-order chi connectivity index (χ1) is 12.1. The van der Waals surface area contributed by atoms with Crippen LogP contribution in [0.2, 0.25) is 0 Å². The second-order valence-electron chi connectivity index (χ2n) is 5.73. The molecule has 1 aromatic carbocycles. The molecule has 129 valence electrons. The van der Waals surface area contributed by atoms with E-state index in [1.165, 1.54) is 12.1 Å². The standard InChI is InChI=1S/C18H19FN5Se/c1-14(17-4-2-3-9-20-17)21-22-18(25)24-12-10-23(11-13-24)16-7-5-15(19)6-8-16/h2-9H,10-13H2,1H3. The van der Waals surface area contributed by atoms with Gasteiger partial charge in [0.1, 0.15) is 0 Å². The van der Waals surface area contributed by atoms with Crippen LogP contribution in [0, 0.1) is 5.82 Å². The van der Waals surface area contributed by atoms with Crippen LogP contribution in [0.15, 0.2) is 58.9 Å². The van der Waals surface area contributed by atoms with Gasteiger partial charge in [-0.2, -0.15) is 0 Å². The summed E-state index contributed by atoms with van der Waals surface area (Å²) in [7, 11) is 0. The topological polar surface area (TPSA) is 44.1 Å². The number of amidine groups is 1. The normalized spacial score (nSPS) is 16.2. The van der Waals surface area contributed by atoms with E-state index in [0.717, 1.165) is 48.0 Å². The monoisotopic (exact) mass is 404 g/mol. The molecule has 0 amide bonds. The number of piperazine rings is 1. The van der Waals surface area contributed by atoms with E-state index >= 15 is 0 Å². The molecule has 1 saturated heterocycles. The van der Waals surface area contributed by atoms with Crippen molar-refractivity contribution in [3.63, 3.8) is 0 Å². The number of aromatic nitrogens is 1. The van der Waals surface area contributed by atoms with E-state index in [1.807, 2.05) is 37.3 Å². The maximum atomic E-state index is 13.0. The molecule has 1 aliphatic heterocycles. The van der Waals surface area contributed by atoms with Gasteiger partial charge in [-0.25, -0.2) is 0 Å². The van der Waals surface area contributed by atoms with E-state index in [2.05, 4.69) is 41.0 Å². The van der Waals surface area contributed by atoms with Gasteiger partial charge in [-0.1, -0.05) is 0 Å². The average Bonchev–Trinajstić information content (AvgIpc) is 2.67. The molecule has 5 nitrogen and oxygen atoms in total. The molecule has 0 spiro atoms. The molecule has 0 atom stereocenters. The number of rotatable bonds is 3. The molecule has 1 aliphatic rings. The first-order valence-electron chi connectivity index (χ1n) is 8.09. The minimum absolute atomic E-state index is 0.207. The number of benzene rings is 1. The van der Waals surface area contributed by atoms with Crippen molar-refractivity contribution in [2.75, 3.05) is 31.1 Å². The van der Waals surface area contributed by atoms with Crippen LogP contribution in [-0.2, 0) is 0 Å². The van der Waals surface area contributed by atoms with E-state index in [1.54, 1.807) is 6.20 Å². The summed E-state index contributed by atoms with van der Waals surface area (Å²) in [6, 6.07) is 12.3. The van der Waals surface area contributed by atoms with Crippen molar-refractivity contribution in [1.82, 2.24) is 9.88 Å². The SMILES string of the molecule is CC(=NN=C([Se])N1CCN(c2ccc(F)cc2)CC1)c1ccccn1. The number of nitrogens with zero attached hydrogens (tertiary/aromatic N) is 5. The van der Waals surface area contributed by atoms with E-state index < -0.39 is 0 Å². The summed E-state index contributed by atoms with van der Waals surface area (Å²) < 4.78 is 13.8. The van der Waals surface area contributed by atoms with Crippen molar-refractivity contribution in [2.45, 2.75) is 6.92 Å². The van der Waals surface area contributed by atoms with Gasteiger partial charge in [0.05, 0.1) is 0 Å². The zero-order valence-electron chi connectivity index (χ0n) is 14.0. The van der Waals surface area contributed by atoms with Gasteiger partial charge in [0.2, 0.25) is 0 Å². The van der Waals surface area contributed by atoms with Gasteiger partial charge in [0.25, 0.3) is 0 Å². The van der Waals surface area contributed by atoms with Crippen molar-refractivity contribution >= 4 is 32.1 Å². The van der Waals surface area contributed by atoms with Gasteiger partial charge in [0.15, 0.2) is 0 Å². The van der Waals surface area contributed by atoms with Crippen LogP contribution in [0.4, 0.5) is 10.1 Å². The second-order valence-corrected chi connectivity index (χ2v) is 6.50. The number of anilines is 1. The molecule has 3 rings (SSSR count). The zero-order chi connectivity index (χ0) is 17.6. The van der Waals surface area contributed by atoms with Gasteiger partial charge >= 0.3 is 155 Å². The predicted octanol–water partition coefficient (Wildman–Crippen LogP) is 2.29. The zero-order valence-corrected chi connectivity index (χ0v) is 15.7. The Morgan fingerprint density at radius 1 is 1.04 bits per heavy atom. The molecule has 7 heteroatoms. The van der Waals surface area contributed by atoms with Crippen LogP contribution >= 0.6 is 0 Å². The van der Waals surface area contributed by atoms with Gasteiger partial charge in [-0.3, -0.25) is 0 Å². The summed E-state index contributed by atoms with van der Waals surface area (Å²) in [5.74, 6) is -0.207. The molecule has 0 bridgehead atoms. The minimum atomic E-state index is -0.207. The van der Waals surface area contributed by atoms with Gasteiger partial charge in [-0.15, -0.1) is 0 Å². The third-order valence-corrected chi connectivity index (χ3v) is 4.78. The van der Waals surface area contributed by atoms with E-state index in [4.69, 9.17) is 0 Å². The summed E-state index contributed by atoms with van der Waals surface area (Å²) in [6.45, 7) is 5.28. The van der Waals surface area contributed by atoms with Crippen molar-refractivity contribution in [3.05, 3.63) is 60.2 Å². The number of pyridine rings is 1. The van der Waals surface area contributed by atoms with Gasteiger partial charge in [-0.05, 0) is 0 Å². The van der Waals surface area contributed by atoms with Crippen LogP contribution in [-0.4, -0.2) is 62.5 Å². The molecule has 2 aromatic rings. The van der Waals surface area contributed by atoms with Crippen LogP contribution in [0.3, 0.4) is 0 Å². The molecule has 0 unspecified atom stereocenters. The summed E-state index contributed by atoms with van der Waals surface area (Å²) in [4.78, 5) is 8.67. The summed E-state index contributed by atoms with van der Waals surface area (Å²) >= 11 is 3.00. The third kappa shape index (κ3) is 4.65. The first kappa shape index (κ1) is 17.6. The van der Waals surface area contributed by atoms with Crippen LogP contribution < -0.4 is 4.90 Å². The Balaban J connectivity index is 1.59. The molecular formula is C18H19FN5Se. The van der Waals surface area contributed by atoms with Crippen LogP contribution in [0.5, 0.6) is 0 Å². The Labute approximate surface area is 155 Å². The first-order valence-corrected chi connectivity index (χ1v) is 8.95. The Morgan fingerprint density at radius 2 is 1.76 bits per heavy atom. The average molecular weight is 403 g/mol. The summed E-state index contributed by atoms with van der Waals surface area (Å²) in [5, 5.41) is 8.57. The molecule has 25 heavy (non-hydrogen) atoms. The molecule has 0 aliphatic carbocycles. The van der Waals surface area contributed by atoms with Crippen molar-refractivity contribution in [3.8, 4) is 0 Å². The molecule has 0 saturated carbocycles. The van der Waals surface area contributed by atoms with Crippen LogP contribution in [0.1, 0.15) is 12.6 Å². The predicted molar refractivity (Wildman–Crippen MR) is 99.8 cm³/mol. The molecule has 1 radical (unpaired) electrons. The molecule has 2 heterocycles. The van der Waals surface area contributed by atoms with Gasteiger partial charge in [0, 0.05) is 0 Å². The Hall–Kier alpha value is -2.24. The van der Waals surface area contributed by atoms with Crippen molar-refractivity contribution in [2.24, 2.45) is 10.2 Å². The summed E-state index contributed by atoms with van der Waals surface area (Å²) in [6.07, 6.45) is 1.74. The quantitative estimate of drug-likeness (QED) is 0.342. The van der Waals surface area contributed by atoms with E-state index in [9.17, 15) is 4.39 Å². The Morgan fingerprint density at radius 3 is 2.40 bits per heavy atom. The van der Waals surface area contributed by atoms with Crippen LogP contribution in [0.25, 0.3) is 0 Å². The van der Waals surface area contributed by atoms with E-state index in [0.29, 0.717) is 0 Å². The summed E-state index contributed by atoms with van der Waals surface area (Å²) in [5.41, 5.74) is 2.64. The fourth-order valence-electron chi connectivity index (χ4n) is 2.62. The van der Waals surface area contributed by atoms with Crippen molar-refractivity contribution in [1.29, 1.82) is 0 Å². The maximum absolute atomic E-state index is 13.0. The Kier molecular flexibility index (Phi) is 5.79. The number of hydrogen-bond acceptors (Lipinski definition) is 4. The molecular weight excluding hydrogens is 384 g/mol. The number of hydrogen-bond donors (Lipinski definition) is 0. The second kappa shape index (κ2) is 8.23. The third-order valence-electron chi connectivity index (χ3n) is 4.06. The number of halogens is 1. The van der Waals surface area contributed by atoms with Crippen molar-refractivity contribution < 1.29 is 4.39 Å². The molecule has 1 fully saturated rings. The Bertz CT molecular complexity index is 753. The fraction of sp³-hybridized carbons (Fsp3) is 0.278.